The SMILES string of the molecule is Fc1ccc(Br)cc1CNCc1cn2ccccc2n1. The standard InChI is InChI=1S/C15H13BrFN3/c16-12-4-5-14(17)11(7-12)8-18-9-13-10-20-6-2-1-3-15(20)19-13/h1-7,10,18H,8-9H2. The van der Waals surface area contributed by atoms with Gasteiger partial charge in [-0.05, 0) is 30.3 Å². The number of hydrogen-bond donors (Lipinski definition) is 1. The van der Waals surface area contributed by atoms with Crippen LogP contribution in [0, 0.1) is 5.82 Å². The molecule has 0 aliphatic heterocycles. The average Bonchev–Trinajstić information content (AvgIpc) is 2.85. The van der Waals surface area contributed by atoms with Gasteiger partial charge in [-0.3, -0.25) is 0 Å². The van der Waals surface area contributed by atoms with Gasteiger partial charge in [0.05, 0.1) is 5.69 Å². The first kappa shape index (κ1) is 13.3. The Kier molecular flexibility index (Phi) is 3.80. The van der Waals surface area contributed by atoms with E-state index >= 15 is 0 Å². The Hall–Kier alpha value is -1.72. The van der Waals surface area contributed by atoms with Crippen molar-refractivity contribution >= 4 is 21.6 Å². The van der Waals surface area contributed by atoms with Gasteiger partial charge in [0.15, 0.2) is 0 Å². The van der Waals surface area contributed by atoms with Gasteiger partial charge in [-0.15, -0.1) is 0 Å². The Bertz CT molecular complexity index is 706. The normalized spacial score (nSPS) is 11.1. The van der Waals surface area contributed by atoms with E-state index in [2.05, 4.69) is 26.2 Å². The largest absolute Gasteiger partial charge is 0.307 e. The van der Waals surface area contributed by atoms with Gasteiger partial charge in [0.25, 0.3) is 0 Å². The van der Waals surface area contributed by atoms with Crippen LogP contribution in [0.3, 0.4) is 0 Å². The number of pyridine rings is 1. The second-order valence-electron chi connectivity index (χ2n) is 4.54. The van der Waals surface area contributed by atoms with Crippen molar-refractivity contribution in [3.8, 4) is 0 Å². The summed E-state index contributed by atoms with van der Waals surface area (Å²) in [4.78, 5) is 4.48. The molecule has 0 aliphatic rings. The van der Waals surface area contributed by atoms with Gasteiger partial charge >= 0.3 is 0 Å². The predicted octanol–water partition coefficient (Wildman–Crippen LogP) is 3.53. The van der Waals surface area contributed by atoms with Crippen molar-refractivity contribution in [3.63, 3.8) is 0 Å². The fraction of sp³-hybridized carbons (Fsp3) is 0.133. The molecule has 1 N–H and O–H groups in total. The first-order valence-corrected chi connectivity index (χ1v) is 7.09. The minimum absolute atomic E-state index is 0.198. The van der Waals surface area contributed by atoms with Crippen LogP contribution in [0.5, 0.6) is 0 Å². The van der Waals surface area contributed by atoms with Crippen LogP contribution in [-0.4, -0.2) is 9.38 Å². The van der Waals surface area contributed by atoms with Crippen molar-refractivity contribution in [1.29, 1.82) is 0 Å². The first-order chi connectivity index (χ1) is 9.72. The summed E-state index contributed by atoms with van der Waals surface area (Å²) < 4.78 is 16.4. The first-order valence-electron chi connectivity index (χ1n) is 6.29. The van der Waals surface area contributed by atoms with Crippen LogP contribution in [-0.2, 0) is 13.1 Å². The summed E-state index contributed by atoms with van der Waals surface area (Å²) in [5.74, 6) is -0.198. The Morgan fingerprint density at radius 1 is 1.20 bits per heavy atom. The minimum atomic E-state index is -0.198. The molecule has 0 fully saturated rings. The number of fused-ring (bicyclic) bond motifs is 1. The highest BCUT2D eigenvalue weighted by Gasteiger charge is 2.04. The molecule has 3 aromatic rings. The fourth-order valence-corrected chi connectivity index (χ4v) is 2.48. The van der Waals surface area contributed by atoms with E-state index in [1.807, 2.05) is 35.0 Å². The zero-order valence-corrected chi connectivity index (χ0v) is 12.3. The molecule has 0 amide bonds. The van der Waals surface area contributed by atoms with E-state index in [9.17, 15) is 4.39 Å². The third-order valence-electron chi connectivity index (χ3n) is 3.04. The van der Waals surface area contributed by atoms with Crippen LogP contribution < -0.4 is 5.32 Å². The van der Waals surface area contributed by atoms with Gasteiger partial charge < -0.3 is 9.72 Å². The van der Waals surface area contributed by atoms with Crippen LogP contribution >= 0.6 is 15.9 Å². The molecule has 0 saturated carbocycles. The lowest BCUT2D eigenvalue weighted by molar-refractivity contribution is 0.586. The summed E-state index contributed by atoms with van der Waals surface area (Å²) in [6, 6.07) is 10.8. The predicted molar refractivity (Wildman–Crippen MR) is 79.8 cm³/mol. The summed E-state index contributed by atoms with van der Waals surface area (Å²) in [6.07, 6.45) is 3.93. The van der Waals surface area contributed by atoms with Gasteiger partial charge in [0.1, 0.15) is 11.5 Å². The Morgan fingerprint density at radius 3 is 2.95 bits per heavy atom. The van der Waals surface area contributed by atoms with Crippen molar-refractivity contribution in [2.75, 3.05) is 0 Å². The molecule has 0 saturated heterocycles. The number of imidazole rings is 1. The Labute approximate surface area is 124 Å². The van der Waals surface area contributed by atoms with E-state index in [0.717, 1.165) is 15.8 Å². The molecule has 0 atom stereocenters. The molecule has 3 rings (SSSR count). The van der Waals surface area contributed by atoms with Crippen molar-refractivity contribution < 1.29 is 4.39 Å². The Morgan fingerprint density at radius 2 is 2.10 bits per heavy atom. The van der Waals surface area contributed by atoms with Gasteiger partial charge in [-0.25, -0.2) is 9.37 Å². The molecular weight excluding hydrogens is 321 g/mol. The lowest BCUT2D eigenvalue weighted by Crippen LogP contribution is -2.14. The van der Waals surface area contributed by atoms with E-state index in [1.54, 1.807) is 12.1 Å². The van der Waals surface area contributed by atoms with Crippen molar-refractivity contribution in [2.45, 2.75) is 13.1 Å². The summed E-state index contributed by atoms with van der Waals surface area (Å²) in [5.41, 5.74) is 2.49. The van der Waals surface area contributed by atoms with E-state index in [4.69, 9.17) is 0 Å². The fourth-order valence-electron chi connectivity index (χ4n) is 2.08. The second-order valence-corrected chi connectivity index (χ2v) is 5.45. The van der Waals surface area contributed by atoms with E-state index in [-0.39, 0.29) is 5.82 Å². The number of aromatic nitrogens is 2. The number of benzene rings is 1. The lowest BCUT2D eigenvalue weighted by atomic mass is 10.2. The van der Waals surface area contributed by atoms with Gasteiger partial charge in [0, 0.05) is 35.5 Å². The molecule has 0 radical (unpaired) electrons. The van der Waals surface area contributed by atoms with Crippen molar-refractivity contribution in [2.24, 2.45) is 0 Å². The summed E-state index contributed by atoms with van der Waals surface area (Å²) >= 11 is 3.35. The number of nitrogens with zero attached hydrogens (tertiary/aromatic N) is 2. The van der Waals surface area contributed by atoms with Gasteiger partial charge in [-0.1, -0.05) is 22.0 Å². The maximum absolute atomic E-state index is 13.6. The minimum Gasteiger partial charge on any atom is -0.307 e. The Balaban J connectivity index is 1.66. The number of nitrogens with one attached hydrogen (secondary N) is 1. The van der Waals surface area contributed by atoms with Crippen molar-refractivity contribution in [1.82, 2.24) is 14.7 Å². The molecule has 0 spiro atoms. The maximum atomic E-state index is 13.6. The lowest BCUT2D eigenvalue weighted by Gasteiger charge is -2.05. The topological polar surface area (TPSA) is 29.3 Å². The molecule has 0 bridgehead atoms. The molecular formula is C15H13BrFN3. The zero-order valence-electron chi connectivity index (χ0n) is 10.7. The third-order valence-corrected chi connectivity index (χ3v) is 3.54. The zero-order chi connectivity index (χ0) is 13.9. The van der Waals surface area contributed by atoms with Gasteiger partial charge in [-0.2, -0.15) is 0 Å². The molecule has 5 heteroatoms. The molecule has 0 aliphatic carbocycles. The third kappa shape index (κ3) is 2.89. The van der Waals surface area contributed by atoms with Gasteiger partial charge in [0.2, 0.25) is 0 Å². The second kappa shape index (κ2) is 5.73. The summed E-state index contributed by atoms with van der Waals surface area (Å²) in [6.45, 7) is 1.08. The molecule has 0 unspecified atom stereocenters. The van der Waals surface area contributed by atoms with Crippen LogP contribution in [0.2, 0.25) is 0 Å². The number of rotatable bonds is 4. The molecule has 102 valence electrons. The number of halogens is 2. The highest BCUT2D eigenvalue weighted by atomic mass is 79.9. The summed E-state index contributed by atoms with van der Waals surface area (Å²) in [5, 5.41) is 3.21. The van der Waals surface area contributed by atoms with E-state index < -0.39 is 0 Å². The average molecular weight is 334 g/mol. The molecule has 3 nitrogen and oxygen atoms in total. The van der Waals surface area contributed by atoms with E-state index in [0.29, 0.717) is 18.7 Å². The highest BCUT2D eigenvalue weighted by Crippen LogP contribution is 2.15. The monoisotopic (exact) mass is 333 g/mol. The van der Waals surface area contributed by atoms with Crippen LogP contribution in [0.1, 0.15) is 11.3 Å². The van der Waals surface area contributed by atoms with Crippen LogP contribution in [0.25, 0.3) is 5.65 Å². The van der Waals surface area contributed by atoms with Crippen molar-refractivity contribution in [3.05, 3.63) is 70.3 Å². The van der Waals surface area contributed by atoms with Crippen LogP contribution in [0.4, 0.5) is 4.39 Å². The number of hydrogen-bond acceptors (Lipinski definition) is 2. The quantitative estimate of drug-likeness (QED) is 0.791. The molecule has 1 aromatic carbocycles. The smallest absolute Gasteiger partial charge is 0.137 e. The molecule has 2 heterocycles. The molecule has 2 aromatic heterocycles. The van der Waals surface area contributed by atoms with Crippen LogP contribution in [0.15, 0.2) is 53.3 Å². The highest BCUT2D eigenvalue weighted by molar-refractivity contribution is 9.10. The van der Waals surface area contributed by atoms with E-state index in [1.165, 1.54) is 6.07 Å². The summed E-state index contributed by atoms with van der Waals surface area (Å²) in [7, 11) is 0. The maximum Gasteiger partial charge on any atom is 0.137 e. The molecule has 20 heavy (non-hydrogen) atoms.